The summed E-state index contributed by atoms with van der Waals surface area (Å²) in [6.45, 7) is 1.76. The first kappa shape index (κ1) is 13.3. The average Bonchev–Trinajstić information content (AvgIpc) is 2.95. The van der Waals surface area contributed by atoms with Gasteiger partial charge in [0.1, 0.15) is 12.1 Å². The van der Waals surface area contributed by atoms with Crippen LogP contribution in [0.25, 0.3) is 0 Å². The van der Waals surface area contributed by atoms with Crippen LogP contribution in [0, 0.1) is 0 Å². The fraction of sp³-hybridized carbons (Fsp3) is 0.900. The van der Waals surface area contributed by atoms with Gasteiger partial charge in [0.25, 0.3) is 5.91 Å². The average molecular weight is 239 g/mol. The van der Waals surface area contributed by atoms with Crippen LogP contribution in [0.15, 0.2) is 0 Å². The Balaban J connectivity index is 2.74. The zero-order valence-corrected chi connectivity index (χ0v) is 9.60. The van der Waals surface area contributed by atoms with Crippen LogP contribution in [0.3, 0.4) is 0 Å². The van der Waals surface area contributed by atoms with Gasteiger partial charge in [-0.3, -0.25) is 4.79 Å². The Hall–Kier alpha value is -0.780. The monoisotopic (exact) mass is 239 g/mol. The zero-order valence-electron chi connectivity index (χ0n) is 9.60. The molecule has 1 aliphatic rings. The Bertz CT molecular complexity index is 272. The van der Waals surface area contributed by atoms with Crippen molar-refractivity contribution in [2.24, 2.45) is 0 Å². The summed E-state index contributed by atoms with van der Waals surface area (Å²) in [6, 6.07) is -0.274. The van der Waals surface area contributed by atoms with Crippen molar-refractivity contribution in [3.63, 3.8) is 0 Å². The number of nitrogens with zero attached hydrogens (tertiary/aromatic N) is 1. The van der Waals surface area contributed by atoms with Crippen molar-refractivity contribution in [2.45, 2.75) is 44.5 Å². The first-order valence-corrected chi connectivity index (χ1v) is 5.10. The second-order valence-corrected chi connectivity index (χ2v) is 4.49. The summed E-state index contributed by atoms with van der Waals surface area (Å²) < 4.78 is 41.8. The number of methoxy groups -OCH3 is 1. The third-order valence-electron chi connectivity index (χ3n) is 2.62. The van der Waals surface area contributed by atoms with Crippen LogP contribution < -0.4 is 0 Å². The van der Waals surface area contributed by atoms with Gasteiger partial charge < -0.3 is 9.64 Å². The molecule has 1 rings (SSSR count). The third kappa shape index (κ3) is 3.37. The van der Waals surface area contributed by atoms with E-state index in [0.29, 0.717) is 12.8 Å². The quantitative estimate of drug-likeness (QED) is 0.750. The molecule has 0 unspecified atom stereocenters. The molecule has 0 saturated heterocycles. The van der Waals surface area contributed by atoms with Gasteiger partial charge in [0.05, 0.1) is 0 Å². The molecule has 0 spiro atoms. The minimum atomic E-state index is -4.36. The van der Waals surface area contributed by atoms with Gasteiger partial charge >= 0.3 is 6.18 Å². The molecule has 0 aromatic rings. The minimum absolute atomic E-state index is 0.274. The van der Waals surface area contributed by atoms with E-state index in [-0.39, 0.29) is 6.04 Å². The predicted molar refractivity (Wildman–Crippen MR) is 51.9 cm³/mol. The molecule has 0 aromatic heterocycles. The molecule has 0 N–H and O–H groups in total. The van der Waals surface area contributed by atoms with Crippen molar-refractivity contribution in [1.82, 2.24) is 4.90 Å². The number of ether oxygens (including phenoxy) is 1. The number of amides is 1. The van der Waals surface area contributed by atoms with Gasteiger partial charge in [-0.2, -0.15) is 13.2 Å². The lowest BCUT2D eigenvalue weighted by molar-refractivity contribution is -0.174. The molecule has 0 atom stereocenters. The van der Waals surface area contributed by atoms with Gasteiger partial charge in [0.15, 0.2) is 0 Å². The molecule has 1 fully saturated rings. The fourth-order valence-corrected chi connectivity index (χ4v) is 1.38. The Kier molecular flexibility index (Phi) is 3.52. The number of hydrogen-bond donors (Lipinski definition) is 0. The molecule has 0 aromatic carbocycles. The van der Waals surface area contributed by atoms with Crippen LogP contribution in [0.2, 0.25) is 0 Å². The lowest BCUT2D eigenvalue weighted by Crippen LogP contribution is -2.50. The number of halogens is 3. The molecule has 1 aliphatic carbocycles. The topological polar surface area (TPSA) is 29.5 Å². The van der Waals surface area contributed by atoms with Crippen LogP contribution in [-0.4, -0.2) is 42.3 Å². The van der Waals surface area contributed by atoms with E-state index in [1.165, 1.54) is 21.0 Å². The molecule has 1 saturated carbocycles. The van der Waals surface area contributed by atoms with E-state index < -0.39 is 24.2 Å². The molecule has 0 bridgehead atoms. The standard InChI is InChI=1S/C10H16F3NO2/c1-9(2,16-3)8(15)14(7-4-5-7)6-10(11,12)13/h7H,4-6H2,1-3H3. The fourth-order valence-electron chi connectivity index (χ4n) is 1.38. The molecule has 6 heteroatoms. The number of carbonyl (C=O) groups excluding carboxylic acids is 1. The number of alkyl halides is 3. The summed E-state index contributed by atoms with van der Waals surface area (Å²) >= 11 is 0. The Morgan fingerprint density at radius 1 is 1.38 bits per heavy atom. The SMILES string of the molecule is COC(C)(C)C(=O)N(CC(F)(F)F)C1CC1. The lowest BCUT2D eigenvalue weighted by Gasteiger charge is -2.31. The second kappa shape index (κ2) is 4.24. The van der Waals surface area contributed by atoms with Crippen molar-refractivity contribution in [3.05, 3.63) is 0 Å². The Morgan fingerprint density at radius 3 is 2.19 bits per heavy atom. The van der Waals surface area contributed by atoms with Gasteiger partial charge in [-0.1, -0.05) is 0 Å². The van der Waals surface area contributed by atoms with Crippen molar-refractivity contribution in [1.29, 1.82) is 0 Å². The maximum Gasteiger partial charge on any atom is 0.406 e. The highest BCUT2D eigenvalue weighted by Crippen LogP contribution is 2.32. The first-order chi connectivity index (χ1) is 7.17. The summed E-state index contributed by atoms with van der Waals surface area (Å²) in [6.07, 6.45) is -3.08. The van der Waals surface area contributed by atoms with Crippen LogP contribution in [0.1, 0.15) is 26.7 Å². The summed E-state index contributed by atoms with van der Waals surface area (Å²) in [4.78, 5) is 12.7. The van der Waals surface area contributed by atoms with Crippen molar-refractivity contribution in [2.75, 3.05) is 13.7 Å². The Morgan fingerprint density at radius 2 is 1.88 bits per heavy atom. The van der Waals surface area contributed by atoms with Crippen LogP contribution in [-0.2, 0) is 9.53 Å². The normalized spacial score (nSPS) is 17.4. The molecule has 94 valence electrons. The number of rotatable bonds is 4. The highest BCUT2D eigenvalue weighted by Gasteiger charge is 2.44. The maximum absolute atomic E-state index is 12.3. The molecular formula is C10H16F3NO2. The highest BCUT2D eigenvalue weighted by molar-refractivity contribution is 5.85. The van der Waals surface area contributed by atoms with Crippen LogP contribution in [0.4, 0.5) is 13.2 Å². The lowest BCUT2D eigenvalue weighted by atomic mass is 10.1. The van der Waals surface area contributed by atoms with Gasteiger partial charge in [-0.25, -0.2) is 0 Å². The zero-order chi connectivity index (χ0) is 12.6. The summed E-state index contributed by atoms with van der Waals surface area (Å²) in [5.41, 5.74) is -1.20. The third-order valence-corrected chi connectivity index (χ3v) is 2.62. The van der Waals surface area contributed by atoms with Crippen molar-refractivity contribution in [3.8, 4) is 0 Å². The summed E-state index contributed by atoms with van der Waals surface area (Å²) in [5, 5.41) is 0. The summed E-state index contributed by atoms with van der Waals surface area (Å²) in [7, 11) is 1.32. The second-order valence-electron chi connectivity index (χ2n) is 4.49. The van der Waals surface area contributed by atoms with Gasteiger partial charge in [0, 0.05) is 13.2 Å². The highest BCUT2D eigenvalue weighted by atomic mass is 19.4. The van der Waals surface area contributed by atoms with Crippen LogP contribution >= 0.6 is 0 Å². The van der Waals surface area contributed by atoms with E-state index in [9.17, 15) is 18.0 Å². The maximum atomic E-state index is 12.3. The molecule has 16 heavy (non-hydrogen) atoms. The molecule has 0 aliphatic heterocycles. The minimum Gasteiger partial charge on any atom is -0.369 e. The van der Waals surface area contributed by atoms with E-state index in [2.05, 4.69) is 0 Å². The number of carbonyl (C=O) groups is 1. The van der Waals surface area contributed by atoms with Gasteiger partial charge in [0.2, 0.25) is 0 Å². The van der Waals surface area contributed by atoms with E-state index in [1.54, 1.807) is 0 Å². The van der Waals surface area contributed by atoms with Crippen LogP contribution in [0.5, 0.6) is 0 Å². The summed E-state index contributed by atoms with van der Waals surface area (Å²) in [5.74, 6) is -0.602. The van der Waals surface area contributed by atoms with Gasteiger partial charge in [-0.15, -0.1) is 0 Å². The van der Waals surface area contributed by atoms with E-state index in [4.69, 9.17) is 4.74 Å². The smallest absolute Gasteiger partial charge is 0.369 e. The Labute approximate surface area is 92.5 Å². The largest absolute Gasteiger partial charge is 0.406 e. The van der Waals surface area contributed by atoms with Crippen molar-refractivity contribution < 1.29 is 22.7 Å². The predicted octanol–water partition coefficient (Wildman–Crippen LogP) is 1.96. The van der Waals surface area contributed by atoms with E-state index in [1.807, 2.05) is 0 Å². The molecule has 1 amide bonds. The molecule has 3 nitrogen and oxygen atoms in total. The number of hydrogen-bond acceptors (Lipinski definition) is 2. The van der Waals surface area contributed by atoms with E-state index >= 15 is 0 Å². The van der Waals surface area contributed by atoms with Crippen molar-refractivity contribution >= 4 is 5.91 Å². The molecule has 0 heterocycles. The first-order valence-electron chi connectivity index (χ1n) is 5.10. The molecule has 0 radical (unpaired) electrons. The molecular weight excluding hydrogens is 223 g/mol. The van der Waals surface area contributed by atoms with Gasteiger partial charge in [-0.05, 0) is 26.7 Å². The van der Waals surface area contributed by atoms with E-state index in [0.717, 1.165) is 4.90 Å².